The number of ether oxygens (including phenoxy) is 3. The highest BCUT2D eigenvalue weighted by molar-refractivity contribution is 6.62. The Morgan fingerprint density at radius 2 is 1.61 bits per heavy atom. The third-order valence-electron chi connectivity index (χ3n) is 6.66. The summed E-state index contributed by atoms with van der Waals surface area (Å²) in [6.07, 6.45) is 0.816. The highest BCUT2D eigenvalue weighted by Crippen LogP contribution is 2.37. The molecular formula is C26H36BNO5. The summed E-state index contributed by atoms with van der Waals surface area (Å²) in [4.78, 5) is 2.32. The van der Waals surface area contributed by atoms with Crippen molar-refractivity contribution in [3.8, 4) is 5.75 Å². The molecule has 4 rings (SSSR count). The van der Waals surface area contributed by atoms with Gasteiger partial charge in [-0.1, -0.05) is 36.4 Å². The van der Waals surface area contributed by atoms with E-state index in [0.29, 0.717) is 19.8 Å². The molecule has 0 amide bonds. The molecule has 0 spiro atoms. The first kappa shape index (κ1) is 24.1. The van der Waals surface area contributed by atoms with Crippen LogP contribution in [0.25, 0.3) is 0 Å². The molecule has 0 atom stereocenters. The molecule has 33 heavy (non-hydrogen) atoms. The topological polar surface area (TPSA) is 49.4 Å². The zero-order valence-corrected chi connectivity index (χ0v) is 20.3. The van der Waals surface area contributed by atoms with Gasteiger partial charge in [0.25, 0.3) is 0 Å². The van der Waals surface area contributed by atoms with Crippen LogP contribution in [0.1, 0.15) is 39.7 Å². The Balaban J connectivity index is 1.39. The second kappa shape index (κ2) is 10.5. The monoisotopic (exact) mass is 453 g/mol. The van der Waals surface area contributed by atoms with Gasteiger partial charge in [-0.25, -0.2) is 0 Å². The highest BCUT2D eigenvalue weighted by Gasteiger charge is 2.51. The number of nitrogens with zero attached hydrogens (tertiary/aromatic N) is 1. The standard InChI is InChI=1S/C26H36BNO5/c1-25(2)26(3,4)33-27(32-25)22-11-12-23(28-13-17-29-18-14-28)24(19-22)31-16-8-15-30-20-21-9-6-5-7-10-21/h5-7,9-12,19H,8,13-18,20H2,1-4H3. The number of hydrogen-bond donors (Lipinski definition) is 0. The van der Waals surface area contributed by atoms with E-state index in [1.807, 2.05) is 18.2 Å². The van der Waals surface area contributed by atoms with Gasteiger partial charge in [0.05, 0.1) is 49.9 Å². The summed E-state index contributed by atoms with van der Waals surface area (Å²) in [5.74, 6) is 0.854. The Kier molecular flexibility index (Phi) is 7.64. The van der Waals surface area contributed by atoms with Crippen LogP contribution in [-0.4, -0.2) is 57.8 Å². The van der Waals surface area contributed by atoms with E-state index in [1.165, 1.54) is 5.56 Å². The molecule has 2 saturated heterocycles. The molecule has 0 saturated carbocycles. The lowest BCUT2D eigenvalue weighted by Crippen LogP contribution is -2.41. The van der Waals surface area contributed by atoms with E-state index in [2.05, 4.69) is 62.9 Å². The molecule has 2 aliphatic rings. The molecule has 2 aromatic carbocycles. The van der Waals surface area contributed by atoms with Crippen LogP contribution in [0, 0.1) is 0 Å². The maximum Gasteiger partial charge on any atom is 0.494 e. The number of benzene rings is 2. The van der Waals surface area contributed by atoms with E-state index in [-0.39, 0.29) is 11.2 Å². The molecule has 2 aliphatic heterocycles. The highest BCUT2D eigenvalue weighted by atomic mass is 16.7. The number of rotatable bonds is 9. The molecule has 2 fully saturated rings. The van der Waals surface area contributed by atoms with Gasteiger partial charge in [-0.15, -0.1) is 0 Å². The van der Waals surface area contributed by atoms with Crippen molar-refractivity contribution < 1.29 is 23.5 Å². The van der Waals surface area contributed by atoms with Crippen LogP contribution in [0.2, 0.25) is 0 Å². The zero-order chi connectivity index (χ0) is 23.3. The normalized spacial score (nSPS) is 19.6. The summed E-state index contributed by atoms with van der Waals surface area (Å²) in [5.41, 5.74) is 2.49. The van der Waals surface area contributed by atoms with Crippen LogP contribution in [0.4, 0.5) is 5.69 Å². The van der Waals surface area contributed by atoms with Gasteiger partial charge >= 0.3 is 7.12 Å². The fourth-order valence-corrected chi connectivity index (χ4v) is 3.94. The average Bonchev–Trinajstić information content (AvgIpc) is 3.04. The Morgan fingerprint density at radius 1 is 0.909 bits per heavy atom. The minimum atomic E-state index is -0.412. The van der Waals surface area contributed by atoms with Crippen LogP contribution in [-0.2, 0) is 25.4 Å². The van der Waals surface area contributed by atoms with Crippen molar-refractivity contribution in [2.45, 2.75) is 51.9 Å². The molecule has 2 aromatic rings. The molecule has 7 heteroatoms. The minimum Gasteiger partial charge on any atom is -0.491 e. The lowest BCUT2D eigenvalue weighted by molar-refractivity contribution is 0.00578. The van der Waals surface area contributed by atoms with Gasteiger partial charge < -0.3 is 28.4 Å². The van der Waals surface area contributed by atoms with E-state index in [9.17, 15) is 0 Å². The van der Waals surface area contributed by atoms with Crippen molar-refractivity contribution in [1.29, 1.82) is 0 Å². The molecule has 0 N–H and O–H groups in total. The largest absolute Gasteiger partial charge is 0.494 e. The number of morpholine rings is 1. The average molecular weight is 453 g/mol. The first-order valence-corrected chi connectivity index (χ1v) is 11.9. The Hall–Kier alpha value is -2.06. The van der Waals surface area contributed by atoms with Crippen molar-refractivity contribution in [3.63, 3.8) is 0 Å². The number of hydrogen-bond acceptors (Lipinski definition) is 6. The van der Waals surface area contributed by atoms with E-state index >= 15 is 0 Å². The third kappa shape index (κ3) is 5.90. The van der Waals surface area contributed by atoms with Gasteiger partial charge in [0.1, 0.15) is 5.75 Å². The lowest BCUT2D eigenvalue weighted by atomic mass is 9.79. The second-order valence-corrected chi connectivity index (χ2v) is 9.66. The van der Waals surface area contributed by atoms with Crippen LogP contribution in [0.3, 0.4) is 0 Å². The summed E-state index contributed by atoms with van der Waals surface area (Å²) < 4.78 is 30.1. The van der Waals surface area contributed by atoms with E-state index in [1.54, 1.807) is 0 Å². The summed E-state index contributed by atoms with van der Waals surface area (Å²) in [6.45, 7) is 13.3. The van der Waals surface area contributed by atoms with Gasteiger partial charge in [-0.05, 0) is 50.9 Å². The van der Waals surface area contributed by atoms with E-state index in [4.69, 9.17) is 23.5 Å². The molecule has 0 aliphatic carbocycles. The zero-order valence-electron chi connectivity index (χ0n) is 20.3. The fraction of sp³-hybridized carbons (Fsp3) is 0.538. The van der Waals surface area contributed by atoms with E-state index in [0.717, 1.165) is 49.6 Å². The number of anilines is 1. The van der Waals surface area contributed by atoms with Gasteiger partial charge in [0.2, 0.25) is 0 Å². The van der Waals surface area contributed by atoms with Gasteiger partial charge in [0, 0.05) is 19.5 Å². The molecule has 178 valence electrons. The first-order chi connectivity index (χ1) is 15.9. The molecule has 0 aromatic heterocycles. The maximum atomic E-state index is 6.27. The SMILES string of the molecule is CC1(C)OB(c2ccc(N3CCOCC3)c(OCCCOCc3ccccc3)c2)OC1(C)C. The van der Waals surface area contributed by atoms with Crippen molar-refractivity contribution in [1.82, 2.24) is 0 Å². The Labute approximate surface area is 198 Å². The van der Waals surface area contributed by atoms with E-state index < -0.39 is 7.12 Å². The fourth-order valence-electron chi connectivity index (χ4n) is 3.94. The third-order valence-corrected chi connectivity index (χ3v) is 6.66. The second-order valence-electron chi connectivity index (χ2n) is 9.66. The first-order valence-electron chi connectivity index (χ1n) is 11.9. The Morgan fingerprint density at radius 3 is 2.30 bits per heavy atom. The minimum absolute atomic E-state index is 0.377. The summed E-state index contributed by atoms with van der Waals surface area (Å²) in [5, 5.41) is 0. The van der Waals surface area contributed by atoms with Gasteiger partial charge in [-0.3, -0.25) is 0 Å². The van der Waals surface area contributed by atoms with Crippen LogP contribution in [0.15, 0.2) is 48.5 Å². The predicted octanol–water partition coefficient (Wildman–Crippen LogP) is 3.81. The van der Waals surface area contributed by atoms with Crippen molar-refractivity contribution in [2.24, 2.45) is 0 Å². The maximum absolute atomic E-state index is 6.27. The molecule has 6 nitrogen and oxygen atoms in total. The summed E-state index contributed by atoms with van der Waals surface area (Å²) in [6, 6.07) is 16.5. The molecule has 2 heterocycles. The quantitative estimate of drug-likeness (QED) is 0.425. The van der Waals surface area contributed by atoms with Crippen LogP contribution in [0.5, 0.6) is 5.75 Å². The van der Waals surface area contributed by atoms with Gasteiger partial charge in [-0.2, -0.15) is 0 Å². The molecular weight excluding hydrogens is 417 g/mol. The molecule has 0 unspecified atom stereocenters. The van der Waals surface area contributed by atoms with Crippen LogP contribution < -0.4 is 15.1 Å². The smallest absolute Gasteiger partial charge is 0.491 e. The van der Waals surface area contributed by atoms with Crippen molar-refractivity contribution in [2.75, 3.05) is 44.4 Å². The Bertz CT molecular complexity index is 883. The summed E-state index contributed by atoms with van der Waals surface area (Å²) >= 11 is 0. The molecule has 0 radical (unpaired) electrons. The van der Waals surface area contributed by atoms with Gasteiger partial charge in [0.15, 0.2) is 0 Å². The van der Waals surface area contributed by atoms with Crippen molar-refractivity contribution in [3.05, 3.63) is 54.1 Å². The molecule has 0 bridgehead atoms. The van der Waals surface area contributed by atoms with Crippen LogP contribution >= 0.6 is 0 Å². The predicted molar refractivity (Wildman–Crippen MR) is 131 cm³/mol. The summed E-state index contributed by atoms with van der Waals surface area (Å²) in [7, 11) is -0.412. The van der Waals surface area contributed by atoms with Crippen molar-refractivity contribution >= 4 is 18.3 Å². The lowest BCUT2D eigenvalue weighted by Gasteiger charge is -2.32.